The zero-order chi connectivity index (χ0) is 30.8. The highest BCUT2D eigenvalue weighted by Gasteiger charge is 2.46. The Hall–Kier alpha value is -4.13. The maximum Gasteiger partial charge on any atom is 0.223 e. The van der Waals surface area contributed by atoms with Gasteiger partial charge in [0.05, 0.1) is 43.8 Å². The molecule has 11 nitrogen and oxygen atoms in total. The Kier molecular flexibility index (Phi) is 8.90. The molecule has 1 saturated heterocycles. The molecule has 0 unspecified atom stereocenters. The van der Waals surface area contributed by atoms with Crippen LogP contribution in [0.1, 0.15) is 22.8 Å². The monoisotopic (exact) mass is 610 g/mol. The number of aliphatic hydroxyl groups excluding tert-OH is 3. The zero-order valence-corrected chi connectivity index (χ0v) is 24.3. The molecule has 1 amide bonds. The first-order valence-electron chi connectivity index (χ1n) is 13.4. The van der Waals surface area contributed by atoms with Crippen molar-refractivity contribution >= 4 is 34.2 Å². The Balaban J connectivity index is 1.60. The van der Waals surface area contributed by atoms with Crippen LogP contribution in [-0.4, -0.2) is 83.0 Å². The van der Waals surface area contributed by atoms with Gasteiger partial charge in [0.25, 0.3) is 0 Å². The molecule has 0 spiro atoms. The lowest BCUT2D eigenvalue weighted by molar-refractivity contribution is -0.244. The van der Waals surface area contributed by atoms with Crippen LogP contribution in [0.4, 0.5) is 0 Å². The molecular formula is C31H31ClN2O9. The number of ketones is 1. The number of carbonyl (C=O) groups excluding carboxylic acids is 2. The second-order valence-corrected chi connectivity index (χ2v) is 10.4. The van der Waals surface area contributed by atoms with Crippen LogP contribution in [0.3, 0.4) is 0 Å². The summed E-state index contributed by atoms with van der Waals surface area (Å²) in [5.41, 5.74) is 1.80. The Morgan fingerprint density at radius 3 is 2.44 bits per heavy atom. The van der Waals surface area contributed by atoms with Gasteiger partial charge in [-0.15, -0.1) is 0 Å². The number of methoxy groups -OCH3 is 2. The van der Waals surface area contributed by atoms with E-state index in [0.717, 1.165) is 0 Å². The lowest BCUT2D eigenvalue weighted by Crippen LogP contribution is -2.65. The SMILES string of the molecule is COc1ccc(C(=O)c2ccccc2-n2cc(O[C@@H]3O[C@H](CO)[C@@H](O)[C@H](O)[C@H]3NC(C)=O)c3ccc(Cl)cc32)c(OC)c1. The molecule has 12 heteroatoms. The Bertz CT molecular complexity index is 1660. The van der Waals surface area contributed by atoms with Gasteiger partial charge in [0.1, 0.15) is 41.6 Å². The number of amides is 1. The molecule has 0 radical (unpaired) electrons. The van der Waals surface area contributed by atoms with Crippen molar-refractivity contribution in [2.24, 2.45) is 0 Å². The number of hydrogen-bond donors (Lipinski definition) is 4. The molecule has 0 aliphatic carbocycles. The number of para-hydroxylation sites is 1. The van der Waals surface area contributed by atoms with Crippen LogP contribution in [0.25, 0.3) is 16.6 Å². The van der Waals surface area contributed by atoms with Gasteiger partial charge >= 0.3 is 0 Å². The first-order chi connectivity index (χ1) is 20.7. The maximum atomic E-state index is 13.9. The molecule has 43 heavy (non-hydrogen) atoms. The highest BCUT2D eigenvalue weighted by Crippen LogP contribution is 2.37. The van der Waals surface area contributed by atoms with Crippen LogP contribution in [0.5, 0.6) is 17.2 Å². The van der Waals surface area contributed by atoms with E-state index in [1.54, 1.807) is 71.4 Å². The largest absolute Gasteiger partial charge is 0.497 e. The third-order valence-electron chi connectivity index (χ3n) is 7.29. The fourth-order valence-corrected chi connectivity index (χ4v) is 5.33. The average Bonchev–Trinajstić information content (AvgIpc) is 3.36. The number of aromatic nitrogens is 1. The predicted molar refractivity (Wildman–Crippen MR) is 157 cm³/mol. The fourth-order valence-electron chi connectivity index (χ4n) is 5.17. The van der Waals surface area contributed by atoms with E-state index >= 15 is 0 Å². The highest BCUT2D eigenvalue weighted by molar-refractivity contribution is 6.31. The molecule has 4 N–H and O–H groups in total. The number of aliphatic hydroxyl groups is 3. The van der Waals surface area contributed by atoms with E-state index < -0.39 is 43.2 Å². The van der Waals surface area contributed by atoms with E-state index in [1.807, 2.05) is 0 Å². The highest BCUT2D eigenvalue weighted by atomic mass is 35.5. The molecule has 1 fully saturated rings. The summed E-state index contributed by atoms with van der Waals surface area (Å²) in [6.45, 7) is 0.667. The van der Waals surface area contributed by atoms with Gasteiger partial charge in [-0.3, -0.25) is 9.59 Å². The van der Waals surface area contributed by atoms with E-state index in [1.165, 1.54) is 21.1 Å². The smallest absolute Gasteiger partial charge is 0.223 e. The van der Waals surface area contributed by atoms with Gasteiger partial charge < -0.3 is 44.2 Å². The molecule has 0 saturated carbocycles. The Labute approximate surface area is 252 Å². The number of hydrogen-bond acceptors (Lipinski definition) is 9. The molecule has 1 aliphatic heterocycles. The summed E-state index contributed by atoms with van der Waals surface area (Å²) in [5, 5.41) is 34.4. The summed E-state index contributed by atoms with van der Waals surface area (Å²) in [6, 6.07) is 15.9. The minimum atomic E-state index is -1.49. The van der Waals surface area contributed by atoms with Crippen molar-refractivity contribution < 1.29 is 43.9 Å². The van der Waals surface area contributed by atoms with Crippen molar-refractivity contribution in [3.8, 4) is 22.9 Å². The van der Waals surface area contributed by atoms with E-state index in [4.69, 9.17) is 30.5 Å². The minimum absolute atomic E-state index is 0.275. The van der Waals surface area contributed by atoms with Crippen LogP contribution in [0.2, 0.25) is 5.02 Å². The number of fused-ring (bicyclic) bond motifs is 1. The van der Waals surface area contributed by atoms with Crippen LogP contribution < -0.4 is 19.5 Å². The number of nitrogens with one attached hydrogen (secondary N) is 1. The normalized spacial score (nSPS) is 21.8. The lowest BCUT2D eigenvalue weighted by Gasteiger charge is -2.41. The van der Waals surface area contributed by atoms with E-state index in [-0.39, 0.29) is 11.5 Å². The van der Waals surface area contributed by atoms with Crippen molar-refractivity contribution in [3.05, 3.63) is 83.0 Å². The van der Waals surface area contributed by atoms with Gasteiger partial charge in [0.15, 0.2) is 5.78 Å². The van der Waals surface area contributed by atoms with Gasteiger partial charge in [-0.05, 0) is 42.5 Å². The summed E-state index contributed by atoms with van der Waals surface area (Å²) < 4.78 is 24.5. The molecule has 3 aromatic carbocycles. The molecule has 5 atom stereocenters. The fraction of sp³-hybridized carbons (Fsp3) is 0.290. The predicted octanol–water partition coefficient (Wildman–Crippen LogP) is 2.85. The Morgan fingerprint density at radius 1 is 0.977 bits per heavy atom. The summed E-state index contributed by atoms with van der Waals surface area (Å²) in [5.74, 6) is 0.382. The van der Waals surface area contributed by atoms with Gasteiger partial charge in [-0.25, -0.2) is 0 Å². The third kappa shape index (κ3) is 5.90. The standard InChI is InChI=1S/C31H31ClN2O9/c1-16(36)33-27-30(39)29(38)26(15-35)43-31(27)42-25-14-34(23-12-17(32)8-10-19(23)25)22-7-5-4-6-20(22)28(37)21-11-9-18(40-2)13-24(21)41-3/h4-14,26-27,29-31,35,38-39H,15H2,1-3H3,(H,33,36)/t26-,27-,29-,30-,31-/m1/s1. The summed E-state index contributed by atoms with van der Waals surface area (Å²) in [6.07, 6.45) is -3.76. The molecule has 4 aromatic rings. The second kappa shape index (κ2) is 12.6. The van der Waals surface area contributed by atoms with Gasteiger partial charge in [0, 0.05) is 29.0 Å². The summed E-state index contributed by atoms with van der Waals surface area (Å²) in [4.78, 5) is 25.8. The number of halogens is 1. The summed E-state index contributed by atoms with van der Waals surface area (Å²) >= 11 is 6.39. The molecule has 2 heterocycles. The van der Waals surface area contributed by atoms with E-state index in [2.05, 4.69) is 5.32 Å². The quantitative estimate of drug-likeness (QED) is 0.210. The number of nitrogens with zero attached hydrogens (tertiary/aromatic N) is 1. The van der Waals surface area contributed by atoms with Crippen molar-refractivity contribution in [1.82, 2.24) is 9.88 Å². The van der Waals surface area contributed by atoms with Gasteiger partial charge in [-0.1, -0.05) is 23.7 Å². The molecular weight excluding hydrogens is 580 g/mol. The second-order valence-electron chi connectivity index (χ2n) is 9.99. The molecule has 1 aromatic heterocycles. The summed E-state index contributed by atoms with van der Waals surface area (Å²) in [7, 11) is 3.00. The zero-order valence-electron chi connectivity index (χ0n) is 23.6. The van der Waals surface area contributed by atoms with E-state index in [0.29, 0.717) is 44.2 Å². The molecule has 226 valence electrons. The van der Waals surface area contributed by atoms with Gasteiger partial charge in [-0.2, -0.15) is 0 Å². The van der Waals surface area contributed by atoms with Gasteiger partial charge in [0.2, 0.25) is 12.2 Å². The van der Waals surface area contributed by atoms with Crippen LogP contribution in [0.15, 0.2) is 66.9 Å². The maximum absolute atomic E-state index is 13.9. The van der Waals surface area contributed by atoms with Crippen LogP contribution in [0, 0.1) is 0 Å². The average molecular weight is 611 g/mol. The number of rotatable bonds is 9. The van der Waals surface area contributed by atoms with Crippen molar-refractivity contribution in [1.29, 1.82) is 0 Å². The van der Waals surface area contributed by atoms with Crippen LogP contribution in [-0.2, 0) is 9.53 Å². The first-order valence-corrected chi connectivity index (χ1v) is 13.8. The first kappa shape index (κ1) is 30.3. The number of benzene rings is 3. The molecule has 5 rings (SSSR count). The van der Waals surface area contributed by atoms with Crippen molar-refractivity contribution in [2.45, 2.75) is 37.6 Å². The molecule has 1 aliphatic rings. The number of carbonyl (C=O) groups is 2. The number of ether oxygens (including phenoxy) is 4. The van der Waals surface area contributed by atoms with E-state index in [9.17, 15) is 24.9 Å². The third-order valence-corrected chi connectivity index (χ3v) is 7.52. The van der Waals surface area contributed by atoms with Crippen LogP contribution >= 0.6 is 11.6 Å². The minimum Gasteiger partial charge on any atom is -0.497 e. The Morgan fingerprint density at radius 2 is 1.74 bits per heavy atom. The molecule has 0 bridgehead atoms. The lowest BCUT2D eigenvalue weighted by atomic mass is 9.97. The topological polar surface area (TPSA) is 149 Å². The van der Waals surface area contributed by atoms with Crippen molar-refractivity contribution in [3.63, 3.8) is 0 Å². The van der Waals surface area contributed by atoms with Crippen molar-refractivity contribution in [2.75, 3.05) is 20.8 Å².